The van der Waals surface area contributed by atoms with Gasteiger partial charge in [0.25, 0.3) is 0 Å². The fourth-order valence-electron chi connectivity index (χ4n) is 5.04. The van der Waals surface area contributed by atoms with Crippen LogP contribution in [0, 0.1) is 0 Å². The highest BCUT2D eigenvalue weighted by Crippen LogP contribution is 2.48. The van der Waals surface area contributed by atoms with Crippen LogP contribution in [0.25, 0.3) is 76.7 Å². The first-order chi connectivity index (χ1) is 23.3. The molecule has 0 saturated heterocycles. The molecule has 2 aromatic heterocycles. The molecular weight excluding hydrogens is 440 g/mol. The Hall–Kier alpha value is -4.82. The van der Waals surface area contributed by atoms with Crippen LogP contribution in [-0.2, 0) is 0 Å². The van der Waals surface area contributed by atoms with Gasteiger partial charge in [0, 0.05) is 27.3 Å². The predicted molar refractivity (Wildman–Crippen MR) is 149 cm³/mol. The van der Waals surface area contributed by atoms with Crippen LogP contribution in [0.5, 0.6) is 0 Å². The van der Waals surface area contributed by atoms with Gasteiger partial charge in [0.05, 0.1) is 24.1 Å². The van der Waals surface area contributed by atoms with Crippen molar-refractivity contribution in [3.63, 3.8) is 0 Å². The van der Waals surface area contributed by atoms with Gasteiger partial charge < -0.3 is 8.83 Å². The molecule has 6 aromatic carbocycles. The predicted octanol–water partition coefficient (Wildman–Crippen LogP) is 9.97. The van der Waals surface area contributed by atoms with Gasteiger partial charge in [-0.1, -0.05) is 96.8 Å². The van der Waals surface area contributed by atoms with Crippen LogP contribution in [0.3, 0.4) is 0 Å². The Morgan fingerprint density at radius 1 is 0.556 bits per heavy atom. The number of fused-ring (bicyclic) bond motifs is 7. The third-order valence-corrected chi connectivity index (χ3v) is 6.47. The Kier molecular flexibility index (Phi) is 2.21. The first-order valence-corrected chi connectivity index (χ1v) is 11.1. The molecule has 0 aliphatic heterocycles. The summed E-state index contributed by atoms with van der Waals surface area (Å²) in [7, 11) is 0. The number of furan rings is 2. The highest BCUT2D eigenvalue weighted by atomic mass is 16.3. The Balaban J connectivity index is 1.77. The van der Waals surface area contributed by atoms with Crippen molar-refractivity contribution in [1.82, 2.24) is 0 Å². The zero-order valence-electron chi connectivity index (χ0n) is 31.4. The first kappa shape index (κ1) is 10.8. The maximum atomic E-state index is 9.21. The zero-order chi connectivity index (χ0) is 35.0. The molecular formula is C34H20O2. The molecule has 0 saturated carbocycles. The molecule has 0 radical (unpaired) electrons. The second-order valence-electron chi connectivity index (χ2n) is 8.31. The Bertz CT molecular complexity index is 2710. The summed E-state index contributed by atoms with van der Waals surface area (Å²) in [5, 5.41) is 1.02. The lowest BCUT2D eigenvalue weighted by molar-refractivity contribution is 0.615. The molecule has 8 rings (SSSR count). The van der Waals surface area contributed by atoms with E-state index in [-0.39, 0.29) is 43.8 Å². The fourth-order valence-corrected chi connectivity index (χ4v) is 5.04. The SMILES string of the molecule is [2H]c1c([2H])c([2H])c(-c2c3c([2H])c([2H])c([2H])c([2H])c3c(-c3cc4occc4c4c3oc3ccccc34)c3c([2H])c([2H])c([2H])c([2H])c23)c([2H])c1[2H]. The molecule has 0 amide bonds. The normalized spacial score (nSPS) is 16.9. The molecule has 2 heteroatoms. The number of rotatable bonds is 2. The monoisotopic (exact) mass is 473 g/mol. The number of hydrogen-bond acceptors (Lipinski definition) is 2. The molecule has 0 bridgehead atoms. The topological polar surface area (TPSA) is 26.3 Å². The molecule has 0 atom stereocenters. The van der Waals surface area contributed by atoms with E-state index in [0.29, 0.717) is 27.3 Å². The highest BCUT2D eigenvalue weighted by Gasteiger charge is 2.22. The molecule has 0 unspecified atom stereocenters. The number of para-hydroxylation sites is 1. The number of benzene rings is 6. The van der Waals surface area contributed by atoms with E-state index in [4.69, 9.17) is 23.9 Å². The van der Waals surface area contributed by atoms with Crippen molar-refractivity contribution < 1.29 is 26.7 Å². The van der Waals surface area contributed by atoms with Gasteiger partial charge in [-0.05, 0) is 50.9 Å². The lowest BCUT2D eigenvalue weighted by atomic mass is 9.85. The molecule has 0 N–H and O–H groups in total. The van der Waals surface area contributed by atoms with E-state index in [1.54, 1.807) is 24.3 Å². The highest BCUT2D eigenvalue weighted by molar-refractivity contribution is 6.27. The summed E-state index contributed by atoms with van der Waals surface area (Å²) in [5.74, 6) is 0. The fraction of sp³-hybridized carbons (Fsp3) is 0. The maximum absolute atomic E-state index is 9.21. The minimum atomic E-state index is -0.727. The lowest BCUT2D eigenvalue weighted by Crippen LogP contribution is -1.91. The maximum Gasteiger partial charge on any atom is 0.144 e. The minimum Gasteiger partial charge on any atom is -0.464 e. The van der Waals surface area contributed by atoms with Crippen LogP contribution in [0.4, 0.5) is 0 Å². The van der Waals surface area contributed by atoms with E-state index in [0.717, 1.165) is 0 Å². The zero-order valence-corrected chi connectivity index (χ0v) is 18.4. The molecule has 8 aromatic rings. The van der Waals surface area contributed by atoms with Crippen molar-refractivity contribution >= 4 is 54.5 Å². The lowest BCUT2D eigenvalue weighted by Gasteiger charge is -2.18. The van der Waals surface area contributed by atoms with E-state index < -0.39 is 84.1 Å². The largest absolute Gasteiger partial charge is 0.464 e. The van der Waals surface area contributed by atoms with Crippen molar-refractivity contribution in [2.75, 3.05) is 0 Å². The Labute approximate surface area is 225 Å². The molecule has 0 aliphatic carbocycles. The second kappa shape index (κ2) is 7.34. The summed E-state index contributed by atoms with van der Waals surface area (Å²) in [6.07, 6.45) is 1.48. The van der Waals surface area contributed by atoms with E-state index >= 15 is 0 Å². The molecule has 2 nitrogen and oxygen atoms in total. The van der Waals surface area contributed by atoms with Crippen molar-refractivity contribution in [2.24, 2.45) is 0 Å². The van der Waals surface area contributed by atoms with Crippen molar-refractivity contribution in [2.45, 2.75) is 0 Å². The van der Waals surface area contributed by atoms with Crippen LogP contribution >= 0.6 is 0 Å². The average Bonchev–Trinajstić information content (AvgIpc) is 3.73. The summed E-state index contributed by atoms with van der Waals surface area (Å²) in [6.45, 7) is 0. The summed E-state index contributed by atoms with van der Waals surface area (Å²) in [6, 6.07) is 1.88. The summed E-state index contributed by atoms with van der Waals surface area (Å²) >= 11 is 0. The standard InChI is InChI=1S/C34H20O2/c1-2-10-21(11-3-1)31-22-12-4-6-14-24(22)32(25-15-7-5-13-23(25)31)28-20-30-27(18-19-35-30)33-26-16-8-9-17-29(26)36-34(28)33/h1-20H/i1D,2D,3D,4D,5D,6D,7D,10D,11D,12D,13D,14D,15D. The van der Waals surface area contributed by atoms with Crippen LogP contribution in [0.1, 0.15) is 17.8 Å². The van der Waals surface area contributed by atoms with Crippen molar-refractivity contribution in [3.05, 3.63) is 121 Å². The molecule has 168 valence electrons. The van der Waals surface area contributed by atoms with Gasteiger partial charge in [-0.3, -0.25) is 0 Å². The van der Waals surface area contributed by atoms with Crippen LogP contribution in [0.15, 0.2) is 130 Å². The molecule has 36 heavy (non-hydrogen) atoms. The van der Waals surface area contributed by atoms with E-state index in [1.165, 1.54) is 6.26 Å². The summed E-state index contributed by atoms with van der Waals surface area (Å²) in [4.78, 5) is 0. The summed E-state index contributed by atoms with van der Waals surface area (Å²) < 4.78 is 126. The first-order valence-electron chi connectivity index (χ1n) is 17.6. The van der Waals surface area contributed by atoms with Gasteiger partial charge in [-0.25, -0.2) is 0 Å². The van der Waals surface area contributed by atoms with Crippen LogP contribution in [0.2, 0.25) is 0 Å². The third kappa shape index (κ3) is 2.61. The van der Waals surface area contributed by atoms with Gasteiger partial charge in [0.15, 0.2) is 0 Å². The van der Waals surface area contributed by atoms with Gasteiger partial charge in [-0.2, -0.15) is 0 Å². The second-order valence-corrected chi connectivity index (χ2v) is 8.31. The van der Waals surface area contributed by atoms with Crippen molar-refractivity contribution in [1.29, 1.82) is 0 Å². The van der Waals surface area contributed by atoms with E-state index in [9.17, 15) is 2.74 Å². The average molecular weight is 474 g/mol. The molecule has 0 spiro atoms. The summed E-state index contributed by atoms with van der Waals surface area (Å²) in [5.41, 5.74) is 0.469. The Morgan fingerprint density at radius 3 is 1.89 bits per heavy atom. The van der Waals surface area contributed by atoms with E-state index in [2.05, 4.69) is 0 Å². The smallest absolute Gasteiger partial charge is 0.144 e. The van der Waals surface area contributed by atoms with Crippen LogP contribution in [-0.4, -0.2) is 0 Å². The van der Waals surface area contributed by atoms with Gasteiger partial charge in [0.2, 0.25) is 0 Å². The van der Waals surface area contributed by atoms with E-state index in [1.807, 2.05) is 12.1 Å². The van der Waals surface area contributed by atoms with Gasteiger partial charge in [-0.15, -0.1) is 0 Å². The molecule has 2 heterocycles. The molecule has 0 aliphatic rings. The number of hydrogen-bond donors (Lipinski definition) is 0. The minimum absolute atomic E-state index is 0.0255. The Morgan fingerprint density at radius 2 is 1.17 bits per heavy atom. The van der Waals surface area contributed by atoms with Crippen molar-refractivity contribution in [3.8, 4) is 22.3 Å². The molecule has 0 fully saturated rings. The quantitative estimate of drug-likeness (QED) is 0.233. The third-order valence-electron chi connectivity index (χ3n) is 6.47. The van der Waals surface area contributed by atoms with Crippen LogP contribution < -0.4 is 0 Å². The van der Waals surface area contributed by atoms with Gasteiger partial charge >= 0.3 is 0 Å². The van der Waals surface area contributed by atoms with Gasteiger partial charge in [0.1, 0.15) is 16.7 Å².